The summed E-state index contributed by atoms with van der Waals surface area (Å²) in [4.78, 5) is 16.3. The van der Waals surface area contributed by atoms with Gasteiger partial charge in [-0.25, -0.2) is 4.98 Å². The zero-order valence-corrected chi connectivity index (χ0v) is 11.6. The first-order valence-electron chi connectivity index (χ1n) is 6.40. The van der Waals surface area contributed by atoms with Crippen LogP contribution in [0.5, 0.6) is 0 Å². The first-order chi connectivity index (χ1) is 9.81. The maximum Gasteiger partial charge on any atom is 0.220 e. The summed E-state index contributed by atoms with van der Waals surface area (Å²) in [5, 5.41) is 10.4. The van der Waals surface area contributed by atoms with Gasteiger partial charge >= 0.3 is 0 Å². The van der Waals surface area contributed by atoms with Crippen LogP contribution in [0, 0.1) is 0 Å². The van der Waals surface area contributed by atoms with Crippen LogP contribution in [0.25, 0.3) is 10.2 Å². The number of aromatic amines is 1. The number of para-hydroxylation sites is 1. The fourth-order valence-electron chi connectivity index (χ4n) is 1.91. The van der Waals surface area contributed by atoms with E-state index in [1.54, 1.807) is 23.7 Å². The minimum atomic E-state index is 0.0328. The van der Waals surface area contributed by atoms with Crippen molar-refractivity contribution in [1.82, 2.24) is 20.5 Å². The molecular weight excluding hydrogens is 272 g/mol. The van der Waals surface area contributed by atoms with Gasteiger partial charge in [-0.05, 0) is 12.1 Å². The number of nitrogens with one attached hydrogen (secondary N) is 2. The highest BCUT2D eigenvalue weighted by atomic mass is 32.1. The third-order valence-electron chi connectivity index (χ3n) is 2.95. The Morgan fingerprint density at radius 2 is 2.25 bits per heavy atom. The summed E-state index contributed by atoms with van der Waals surface area (Å²) in [6.45, 7) is 0.509. The van der Waals surface area contributed by atoms with Crippen LogP contribution in [0.2, 0.25) is 0 Å². The molecule has 3 aromatic rings. The van der Waals surface area contributed by atoms with Crippen molar-refractivity contribution < 1.29 is 4.79 Å². The number of nitrogens with zero attached hydrogens (tertiary/aromatic N) is 2. The van der Waals surface area contributed by atoms with Gasteiger partial charge in [0, 0.05) is 31.1 Å². The standard InChI is InChI=1S/C14H14N4OS/c19-13(15-7-10-8-16-17-9-10)5-6-14-18-11-3-1-2-4-12(11)20-14/h1-4,8-9H,5-7H2,(H,15,19)(H,16,17). The molecule has 0 radical (unpaired) electrons. The molecule has 0 unspecified atom stereocenters. The number of fused-ring (bicyclic) bond motifs is 1. The number of amides is 1. The quantitative estimate of drug-likeness (QED) is 0.756. The molecule has 6 heteroatoms. The molecule has 2 N–H and O–H groups in total. The van der Waals surface area contributed by atoms with Gasteiger partial charge in [0.25, 0.3) is 0 Å². The van der Waals surface area contributed by atoms with Crippen LogP contribution in [0.4, 0.5) is 0 Å². The van der Waals surface area contributed by atoms with Crippen molar-refractivity contribution in [2.24, 2.45) is 0 Å². The lowest BCUT2D eigenvalue weighted by atomic mass is 10.3. The van der Waals surface area contributed by atoms with Crippen molar-refractivity contribution >= 4 is 27.5 Å². The van der Waals surface area contributed by atoms with Gasteiger partial charge in [0.05, 0.1) is 21.4 Å². The van der Waals surface area contributed by atoms with E-state index >= 15 is 0 Å². The van der Waals surface area contributed by atoms with E-state index in [0.29, 0.717) is 19.4 Å². The van der Waals surface area contributed by atoms with Crippen LogP contribution < -0.4 is 5.32 Å². The van der Waals surface area contributed by atoms with Gasteiger partial charge in [0.2, 0.25) is 5.91 Å². The molecule has 1 amide bonds. The molecule has 0 saturated carbocycles. The SMILES string of the molecule is O=C(CCc1nc2ccccc2s1)NCc1cn[nH]c1. The number of thiazole rings is 1. The van der Waals surface area contributed by atoms with E-state index in [1.165, 1.54) is 4.70 Å². The Labute approximate surface area is 120 Å². The van der Waals surface area contributed by atoms with Crippen LogP contribution in [-0.2, 0) is 17.8 Å². The van der Waals surface area contributed by atoms with Crippen molar-refractivity contribution in [3.05, 3.63) is 47.2 Å². The highest BCUT2D eigenvalue weighted by Gasteiger charge is 2.07. The molecule has 0 aliphatic rings. The van der Waals surface area contributed by atoms with Crippen molar-refractivity contribution in [2.45, 2.75) is 19.4 Å². The van der Waals surface area contributed by atoms with E-state index < -0.39 is 0 Å². The molecule has 2 heterocycles. The van der Waals surface area contributed by atoms with Crippen molar-refractivity contribution in [3.63, 3.8) is 0 Å². The number of H-pyrrole nitrogens is 1. The first kappa shape index (κ1) is 12.8. The van der Waals surface area contributed by atoms with Gasteiger partial charge in [-0.2, -0.15) is 5.10 Å². The van der Waals surface area contributed by atoms with E-state index in [2.05, 4.69) is 26.6 Å². The maximum absolute atomic E-state index is 11.8. The maximum atomic E-state index is 11.8. The second-order valence-corrected chi connectivity index (χ2v) is 5.57. The van der Waals surface area contributed by atoms with E-state index in [0.717, 1.165) is 16.1 Å². The molecule has 20 heavy (non-hydrogen) atoms. The fourth-order valence-corrected chi connectivity index (χ4v) is 2.88. The number of carbonyl (C=O) groups is 1. The number of hydrogen-bond donors (Lipinski definition) is 2. The molecule has 0 aliphatic heterocycles. The Morgan fingerprint density at radius 3 is 3.05 bits per heavy atom. The lowest BCUT2D eigenvalue weighted by molar-refractivity contribution is -0.121. The molecule has 0 bridgehead atoms. The Hall–Kier alpha value is -2.21. The van der Waals surface area contributed by atoms with Crippen LogP contribution in [0.3, 0.4) is 0 Å². The topological polar surface area (TPSA) is 70.7 Å². The van der Waals surface area contributed by atoms with Crippen molar-refractivity contribution in [3.8, 4) is 0 Å². The Bertz CT molecular complexity index is 672. The smallest absolute Gasteiger partial charge is 0.220 e. The third kappa shape index (κ3) is 3.03. The molecular formula is C14H14N4OS. The van der Waals surface area contributed by atoms with Gasteiger partial charge in [0.15, 0.2) is 0 Å². The zero-order valence-electron chi connectivity index (χ0n) is 10.8. The second-order valence-electron chi connectivity index (χ2n) is 4.46. The number of rotatable bonds is 5. The van der Waals surface area contributed by atoms with Gasteiger partial charge in [-0.15, -0.1) is 11.3 Å². The number of aryl methyl sites for hydroxylation is 1. The Balaban J connectivity index is 1.52. The van der Waals surface area contributed by atoms with Crippen LogP contribution in [0.15, 0.2) is 36.7 Å². The minimum Gasteiger partial charge on any atom is -0.352 e. The third-order valence-corrected chi connectivity index (χ3v) is 4.04. The number of benzene rings is 1. The second kappa shape index (κ2) is 5.83. The van der Waals surface area contributed by atoms with Crippen LogP contribution in [0.1, 0.15) is 17.0 Å². The summed E-state index contributed by atoms with van der Waals surface area (Å²) in [6, 6.07) is 8.02. The lowest BCUT2D eigenvalue weighted by Crippen LogP contribution is -2.22. The summed E-state index contributed by atoms with van der Waals surface area (Å²) in [5.74, 6) is 0.0328. The highest BCUT2D eigenvalue weighted by molar-refractivity contribution is 7.18. The summed E-state index contributed by atoms with van der Waals surface area (Å²) < 4.78 is 1.17. The molecule has 0 fully saturated rings. The van der Waals surface area contributed by atoms with Gasteiger partial charge < -0.3 is 5.32 Å². The molecule has 102 valence electrons. The van der Waals surface area contributed by atoms with Crippen molar-refractivity contribution in [1.29, 1.82) is 0 Å². The van der Waals surface area contributed by atoms with E-state index in [-0.39, 0.29) is 5.91 Å². The molecule has 0 atom stereocenters. The highest BCUT2D eigenvalue weighted by Crippen LogP contribution is 2.22. The molecule has 0 saturated heterocycles. The number of carbonyl (C=O) groups excluding carboxylic acids is 1. The van der Waals surface area contributed by atoms with Crippen molar-refractivity contribution in [2.75, 3.05) is 0 Å². The normalized spacial score (nSPS) is 10.8. The summed E-state index contributed by atoms with van der Waals surface area (Å²) in [6.07, 6.45) is 4.61. The average Bonchev–Trinajstić information content (AvgIpc) is 3.11. The predicted molar refractivity (Wildman–Crippen MR) is 78.4 cm³/mol. The van der Waals surface area contributed by atoms with E-state index in [1.807, 2.05) is 18.2 Å². The molecule has 0 spiro atoms. The summed E-state index contributed by atoms with van der Waals surface area (Å²) in [7, 11) is 0. The van der Waals surface area contributed by atoms with E-state index in [9.17, 15) is 4.79 Å². The summed E-state index contributed by atoms with van der Waals surface area (Å²) in [5.41, 5.74) is 1.98. The van der Waals surface area contributed by atoms with Gasteiger partial charge in [-0.3, -0.25) is 9.89 Å². The first-order valence-corrected chi connectivity index (χ1v) is 7.22. The number of aromatic nitrogens is 3. The monoisotopic (exact) mass is 286 g/mol. The molecule has 3 rings (SSSR count). The van der Waals surface area contributed by atoms with Gasteiger partial charge in [0.1, 0.15) is 0 Å². The molecule has 0 aliphatic carbocycles. The Kier molecular flexibility index (Phi) is 3.73. The summed E-state index contributed by atoms with van der Waals surface area (Å²) >= 11 is 1.65. The predicted octanol–water partition coefficient (Wildman–Crippen LogP) is 2.27. The fraction of sp³-hybridized carbons (Fsp3) is 0.214. The largest absolute Gasteiger partial charge is 0.352 e. The van der Waals surface area contributed by atoms with Crippen LogP contribution in [-0.4, -0.2) is 21.1 Å². The lowest BCUT2D eigenvalue weighted by Gasteiger charge is -2.01. The molecule has 5 nitrogen and oxygen atoms in total. The molecule has 2 aromatic heterocycles. The van der Waals surface area contributed by atoms with Crippen LogP contribution >= 0.6 is 11.3 Å². The van der Waals surface area contributed by atoms with Gasteiger partial charge in [-0.1, -0.05) is 12.1 Å². The molecule has 1 aromatic carbocycles. The average molecular weight is 286 g/mol. The number of hydrogen-bond acceptors (Lipinski definition) is 4. The van der Waals surface area contributed by atoms with E-state index in [4.69, 9.17) is 0 Å². The minimum absolute atomic E-state index is 0.0328. The Morgan fingerprint density at radius 1 is 1.35 bits per heavy atom. The zero-order chi connectivity index (χ0) is 13.8.